The maximum Gasteiger partial charge on any atom is 0.00747 e. The Labute approximate surface area is 89.7 Å². The Bertz CT molecular complexity index is 172. The Morgan fingerprint density at radius 2 is 1.86 bits per heavy atom. The summed E-state index contributed by atoms with van der Waals surface area (Å²) in [5.41, 5.74) is 0.562. The van der Waals surface area contributed by atoms with E-state index in [1.807, 2.05) is 0 Å². The van der Waals surface area contributed by atoms with Crippen LogP contribution in [0.3, 0.4) is 0 Å². The lowest BCUT2D eigenvalue weighted by Crippen LogP contribution is -2.43. The maximum atomic E-state index is 3.77. The molecule has 1 nitrogen and oxygen atoms in total. The van der Waals surface area contributed by atoms with Crippen molar-refractivity contribution in [2.45, 2.75) is 72.4 Å². The summed E-state index contributed by atoms with van der Waals surface area (Å²) in [7, 11) is 0. The molecule has 2 atom stereocenters. The summed E-state index contributed by atoms with van der Waals surface area (Å²) in [4.78, 5) is 0. The molecule has 0 amide bonds. The third kappa shape index (κ3) is 3.61. The van der Waals surface area contributed by atoms with Gasteiger partial charge in [0.15, 0.2) is 0 Å². The van der Waals surface area contributed by atoms with Crippen LogP contribution in [0.25, 0.3) is 0 Å². The fraction of sp³-hybridized carbons (Fsp3) is 1.00. The van der Waals surface area contributed by atoms with Crippen LogP contribution < -0.4 is 5.32 Å². The molecule has 1 aliphatic carbocycles. The average Bonchev–Trinajstić information content (AvgIpc) is 2.01. The number of nitrogens with one attached hydrogen (secondary N) is 1. The quantitative estimate of drug-likeness (QED) is 0.729. The van der Waals surface area contributed by atoms with Gasteiger partial charge >= 0.3 is 0 Å². The molecular formula is C13H27N. The molecule has 0 aliphatic heterocycles. The van der Waals surface area contributed by atoms with E-state index in [0.29, 0.717) is 11.5 Å². The Hall–Kier alpha value is -0.0400. The average molecular weight is 197 g/mol. The first-order chi connectivity index (χ1) is 6.41. The fourth-order valence-electron chi connectivity index (χ4n) is 2.40. The summed E-state index contributed by atoms with van der Waals surface area (Å²) >= 11 is 0. The molecule has 1 saturated carbocycles. The molecule has 1 rings (SSSR count). The summed E-state index contributed by atoms with van der Waals surface area (Å²) in [5, 5.41) is 3.77. The van der Waals surface area contributed by atoms with Gasteiger partial charge in [0.05, 0.1) is 0 Å². The smallest absolute Gasteiger partial charge is 0.00747 e. The van der Waals surface area contributed by atoms with Crippen molar-refractivity contribution in [3.63, 3.8) is 0 Å². The Morgan fingerprint density at radius 1 is 1.21 bits per heavy atom. The van der Waals surface area contributed by atoms with Gasteiger partial charge < -0.3 is 5.32 Å². The molecule has 0 aromatic heterocycles. The molecule has 0 radical (unpaired) electrons. The van der Waals surface area contributed by atoms with E-state index in [1.54, 1.807) is 0 Å². The predicted octanol–water partition coefficient (Wildman–Crippen LogP) is 3.59. The molecule has 1 aliphatic rings. The lowest BCUT2D eigenvalue weighted by Gasteiger charge is -2.37. The highest BCUT2D eigenvalue weighted by molar-refractivity contribution is 4.85. The summed E-state index contributed by atoms with van der Waals surface area (Å²) in [6.07, 6.45) is 5.53. The van der Waals surface area contributed by atoms with Crippen molar-refractivity contribution in [2.24, 2.45) is 11.3 Å². The van der Waals surface area contributed by atoms with Gasteiger partial charge in [-0.05, 0) is 37.5 Å². The molecule has 1 fully saturated rings. The molecule has 14 heavy (non-hydrogen) atoms. The summed E-state index contributed by atoms with van der Waals surface area (Å²) in [6.45, 7) is 11.7. The van der Waals surface area contributed by atoms with Crippen LogP contribution in [-0.4, -0.2) is 12.1 Å². The maximum absolute atomic E-state index is 3.77. The normalized spacial score (nSPS) is 29.1. The van der Waals surface area contributed by atoms with Crippen molar-refractivity contribution in [3.05, 3.63) is 0 Å². The van der Waals surface area contributed by atoms with Crippen LogP contribution in [0.1, 0.15) is 60.3 Å². The van der Waals surface area contributed by atoms with Gasteiger partial charge in [0.2, 0.25) is 0 Å². The number of hydrogen-bond donors (Lipinski definition) is 1. The zero-order chi connectivity index (χ0) is 10.8. The van der Waals surface area contributed by atoms with Crippen LogP contribution in [0, 0.1) is 11.3 Å². The van der Waals surface area contributed by atoms with Gasteiger partial charge in [-0.15, -0.1) is 0 Å². The number of rotatable bonds is 3. The third-order valence-electron chi connectivity index (χ3n) is 3.70. The Morgan fingerprint density at radius 3 is 2.36 bits per heavy atom. The minimum absolute atomic E-state index is 0.562. The minimum Gasteiger partial charge on any atom is -0.311 e. The molecule has 1 heteroatoms. The van der Waals surface area contributed by atoms with Crippen molar-refractivity contribution in [2.75, 3.05) is 0 Å². The van der Waals surface area contributed by atoms with Gasteiger partial charge in [0, 0.05) is 12.1 Å². The number of hydrogen-bond acceptors (Lipinski definition) is 1. The van der Waals surface area contributed by atoms with Crippen molar-refractivity contribution < 1.29 is 0 Å². The first kappa shape index (κ1) is 12.0. The van der Waals surface area contributed by atoms with E-state index in [9.17, 15) is 0 Å². The molecule has 0 heterocycles. The largest absolute Gasteiger partial charge is 0.311 e. The summed E-state index contributed by atoms with van der Waals surface area (Å²) in [5.74, 6) is 0.750. The lowest BCUT2D eigenvalue weighted by molar-refractivity contribution is 0.183. The molecule has 0 aromatic carbocycles. The van der Waals surface area contributed by atoms with Gasteiger partial charge in [0.25, 0.3) is 0 Å². The molecule has 0 spiro atoms. The molecule has 0 bridgehead atoms. The highest BCUT2D eigenvalue weighted by Crippen LogP contribution is 2.35. The van der Waals surface area contributed by atoms with Gasteiger partial charge in [-0.2, -0.15) is 0 Å². The van der Waals surface area contributed by atoms with Crippen LogP contribution >= 0.6 is 0 Å². The zero-order valence-corrected chi connectivity index (χ0v) is 10.6. The molecule has 0 unspecified atom stereocenters. The highest BCUT2D eigenvalue weighted by atomic mass is 15.0. The second-order valence-corrected chi connectivity index (χ2v) is 6.16. The van der Waals surface area contributed by atoms with Gasteiger partial charge in [-0.25, -0.2) is 0 Å². The highest BCUT2D eigenvalue weighted by Gasteiger charge is 2.28. The van der Waals surface area contributed by atoms with E-state index in [4.69, 9.17) is 0 Å². The molecule has 84 valence electrons. The van der Waals surface area contributed by atoms with Crippen molar-refractivity contribution in [1.29, 1.82) is 0 Å². The van der Waals surface area contributed by atoms with Crippen molar-refractivity contribution >= 4 is 0 Å². The molecule has 1 N–H and O–H groups in total. The Kier molecular flexibility index (Phi) is 4.00. The fourth-order valence-corrected chi connectivity index (χ4v) is 2.40. The van der Waals surface area contributed by atoms with E-state index in [1.165, 1.54) is 25.7 Å². The predicted molar refractivity (Wildman–Crippen MR) is 63.5 cm³/mol. The van der Waals surface area contributed by atoms with E-state index >= 15 is 0 Å². The van der Waals surface area contributed by atoms with Crippen LogP contribution in [0.5, 0.6) is 0 Å². The first-order valence-electron chi connectivity index (χ1n) is 6.17. The summed E-state index contributed by atoms with van der Waals surface area (Å²) in [6, 6.07) is 1.42. The van der Waals surface area contributed by atoms with Crippen LogP contribution in [0.15, 0.2) is 0 Å². The van der Waals surface area contributed by atoms with E-state index in [2.05, 4.69) is 39.9 Å². The third-order valence-corrected chi connectivity index (χ3v) is 3.70. The molecule has 0 saturated heterocycles. The van der Waals surface area contributed by atoms with E-state index in [0.717, 1.165) is 12.0 Å². The minimum atomic E-state index is 0.562. The zero-order valence-electron chi connectivity index (χ0n) is 10.6. The molecular weight excluding hydrogens is 170 g/mol. The van der Waals surface area contributed by atoms with Crippen LogP contribution in [0.4, 0.5) is 0 Å². The van der Waals surface area contributed by atoms with Crippen LogP contribution in [0.2, 0.25) is 0 Å². The van der Waals surface area contributed by atoms with Gasteiger partial charge in [0.1, 0.15) is 0 Å². The Balaban J connectivity index is 2.38. The van der Waals surface area contributed by atoms with Crippen molar-refractivity contribution in [1.82, 2.24) is 5.32 Å². The van der Waals surface area contributed by atoms with Crippen LogP contribution in [-0.2, 0) is 0 Å². The standard InChI is InChI=1S/C13H27N/c1-10(2)11(3)14-12-7-6-8-13(4,5)9-12/h10-12,14H,6-9H2,1-5H3/t11-,12+/m0/s1. The topological polar surface area (TPSA) is 12.0 Å². The summed E-state index contributed by atoms with van der Waals surface area (Å²) < 4.78 is 0. The second kappa shape index (κ2) is 4.65. The van der Waals surface area contributed by atoms with E-state index in [-0.39, 0.29) is 0 Å². The van der Waals surface area contributed by atoms with Crippen molar-refractivity contribution in [3.8, 4) is 0 Å². The van der Waals surface area contributed by atoms with Gasteiger partial charge in [-0.1, -0.05) is 34.1 Å². The second-order valence-electron chi connectivity index (χ2n) is 6.16. The SMILES string of the molecule is CC(C)[C@H](C)N[C@@H]1CCCC(C)(C)C1. The molecule has 0 aromatic rings. The first-order valence-corrected chi connectivity index (χ1v) is 6.17. The van der Waals surface area contributed by atoms with Gasteiger partial charge in [-0.3, -0.25) is 0 Å². The van der Waals surface area contributed by atoms with E-state index < -0.39 is 0 Å². The lowest BCUT2D eigenvalue weighted by atomic mass is 9.75. The monoisotopic (exact) mass is 197 g/mol.